The van der Waals surface area contributed by atoms with Crippen LogP contribution in [0.1, 0.15) is 15.9 Å². The lowest BCUT2D eigenvalue weighted by Crippen LogP contribution is -2.22. The number of benzene rings is 1. The number of carbonyl (C=O) groups excluding carboxylic acids is 1. The van der Waals surface area contributed by atoms with Crippen LogP contribution in [-0.2, 0) is 13.6 Å². The zero-order valence-corrected chi connectivity index (χ0v) is 10.4. The number of nitrogens with zero attached hydrogens (tertiary/aromatic N) is 3. The topological polar surface area (TPSA) is 75.6 Å². The zero-order chi connectivity index (χ0) is 13.2. The fourth-order valence-electron chi connectivity index (χ4n) is 1.93. The van der Waals surface area contributed by atoms with Gasteiger partial charge >= 0.3 is 0 Å². The number of rotatable bonds is 3. The van der Waals surface area contributed by atoms with Gasteiger partial charge in [0.25, 0.3) is 5.91 Å². The third-order valence-electron chi connectivity index (χ3n) is 2.92. The maximum absolute atomic E-state index is 12.0. The van der Waals surface area contributed by atoms with E-state index in [0.29, 0.717) is 12.1 Å². The molecule has 0 unspecified atom stereocenters. The van der Waals surface area contributed by atoms with E-state index in [1.165, 1.54) is 0 Å². The number of aromatic amines is 1. The van der Waals surface area contributed by atoms with E-state index < -0.39 is 0 Å². The van der Waals surface area contributed by atoms with Crippen LogP contribution in [0.3, 0.4) is 0 Å². The molecule has 6 heteroatoms. The molecule has 96 valence electrons. The molecule has 0 aliphatic heterocycles. The Kier molecular flexibility index (Phi) is 2.75. The molecule has 0 saturated carbocycles. The summed E-state index contributed by atoms with van der Waals surface area (Å²) in [6.45, 7) is 0.466. The largest absolute Gasteiger partial charge is 0.348 e. The van der Waals surface area contributed by atoms with Crippen LogP contribution >= 0.6 is 0 Å². The molecule has 19 heavy (non-hydrogen) atoms. The number of carbonyl (C=O) groups is 1. The number of fused-ring (bicyclic) bond motifs is 1. The van der Waals surface area contributed by atoms with Gasteiger partial charge in [0.05, 0.1) is 17.9 Å². The Morgan fingerprint density at radius 3 is 3.11 bits per heavy atom. The first-order valence-corrected chi connectivity index (χ1v) is 5.91. The molecule has 2 N–H and O–H groups in total. The summed E-state index contributed by atoms with van der Waals surface area (Å²) in [7, 11) is 1.84. The molecule has 3 rings (SSSR count). The molecule has 2 heterocycles. The molecule has 3 aromatic rings. The maximum Gasteiger partial charge on any atom is 0.251 e. The highest BCUT2D eigenvalue weighted by atomic mass is 16.1. The van der Waals surface area contributed by atoms with Crippen LogP contribution in [0.15, 0.2) is 36.8 Å². The third-order valence-corrected chi connectivity index (χ3v) is 2.92. The molecular formula is C13H13N5O. The first-order valence-electron chi connectivity index (χ1n) is 5.91. The summed E-state index contributed by atoms with van der Waals surface area (Å²) in [5.41, 5.74) is 2.44. The van der Waals surface area contributed by atoms with Crippen LogP contribution in [0, 0.1) is 0 Å². The summed E-state index contributed by atoms with van der Waals surface area (Å²) in [4.78, 5) is 12.0. The Labute approximate surface area is 109 Å². The molecule has 1 amide bonds. The third kappa shape index (κ3) is 2.33. The zero-order valence-electron chi connectivity index (χ0n) is 10.4. The maximum atomic E-state index is 12.0. The number of amides is 1. The summed E-state index contributed by atoms with van der Waals surface area (Å²) < 4.78 is 1.71. The van der Waals surface area contributed by atoms with E-state index in [-0.39, 0.29) is 5.91 Å². The number of aromatic nitrogens is 4. The van der Waals surface area contributed by atoms with Crippen molar-refractivity contribution < 1.29 is 4.79 Å². The minimum atomic E-state index is -0.111. The van der Waals surface area contributed by atoms with E-state index in [9.17, 15) is 4.79 Å². The number of nitrogens with one attached hydrogen (secondary N) is 2. The number of aryl methyl sites for hydroxylation is 1. The van der Waals surface area contributed by atoms with Crippen molar-refractivity contribution in [1.82, 2.24) is 25.3 Å². The van der Waals surface area contributed by atoms with Crippen molar-refractivity contribution in [3.63, 3.8) is 0 Å². The minimum Gasteiger partial charge on any atom is -0.348 e. The summed E-state index contributed by atoms with van der Waals surface area (Å²) in [6.07, 6.45) is 5.34. The second kappa shape index (κ2) is 4.56. The average molecular weight is 255 g/mol. The molecule has 0 bridgehead atoms. The molecule has 2 aromatic heterocycles. The number of H-pyrrole nitrogens is 1. The molecule has 0 spiro atoms. The molecule has 0 saturated heterocycles. The second-order valence-electron chi connectivity index (χ2n) is 4.38. The van der Waals surface area contributed by atoms with Gasteiger partial charge in [0.15, 0.2) is 0 Å². The van der Waals surface area contributed by atoms with E-state index in [2.05, 4.69) is 20.6 Å². The van der Waals surface area contributed by atoms with Crippen molar-refractivity contribution in [3.05, 3.63) is 47.9 Å². The van der Waals surface area contributed by atoms with Gasteiger partial charge in [0, 0.05) is 36.3 Å². The van der Waals surface area contributed by atoms with Crippen LogP contribution in [0.5, 0.6) is 0 Å². The smallest absolute Gasteiger partial charge is 0.251 e. The predicted molar refractivity (Wildman–Crippen MR) is 70.5 cm³/mol. The quantitative estimate of drug-likeness (QED) is 0.739. The van der Waals surface area contributed by atoms with Gasteiger partial charge < -0.3 is 5.32 Å². The molecule has 1 aromatic carbocycles. The Morgan fingerprint density at radius 2 is 2.32 bits per heavy atom. The van der Waals surface area contributed by atoms with Crippen LogP contribution in [0.4, 0.5) is 0 Å². The molecule has 6 nitrogen and oxygen atoms in total. The molecule has 0 radical (unpaired) electrons. The SMILES string of the molecule is Cn1cc(CNC(=O)c2ccc3cn[nH]c3c2)cn1. The highest BCUT2D eigenvalue weighted by Crippen LogP contribution is 2.12. The van der Waals surface area contributed by atoms with Crippen LogP contribution in [0.25, 0.3) is 10.9 Å². The molecule has 0 aliphatic rings. The van der Waals surface area contributed by atoms with Crippen molar-refractivity contribution in [1.29, 1.82) is 0 Å². The van der Waals surface area contributed by atoms with Crippen LogP contribution in [0.2, 0.25) is 0 Å². The first kappa shape index (κ1) is 11.5. The van der Waals surface area contributed by atoms with E-state index in [1.807, 2.05) is 19.3 Å². The second-order valence-corrected chi connectivity index (χ2v) is 4.38. The van der Waals surface area contributed by atoms with Crippen LogP contribution in [-0.4, -0.2) is 25.9 Å². The van der Waals surface area contributed by atoms with E-state index in [4.69, 9.17) is 0 Å². The fourth-order valence-corrected chi connectivity index (χ4v) is 1.93. The molecular weight excluding hydrogens is 242 g/mol. The number of hydrogen-bond acceptors (Lipinski definition) is 3. The van der Waals surface area contributed by atoms with E-state index in [0.717, 1.165) is 16.5 Å². The van der Waals surface area contributed by atoms with E-state index in [1.54, 1.807) is 29.2 Å². The van der Waals surface area contributed by atoms with Gasteiger partial charge in [-0.05, 0) is 12.1 Å². The van der Waals surface area contributed by atoms with E-state index >= 15 is 0 Å². The first-order chi connectivity index (χ1) is 9.22. The fraction of sp³-hybridized carbons (Fsp3) is 0.154. The average Bonchev–Trinajstić information content (AvgIpc) is 3.03. The predicted octanol–water partition coefficient (Wildman–Crippen LogP) is 1.23. The lowest BCUT2D eigenvalue weighted by Gasteiger charge is -2.03. The minimum absolute atomic E-state index is 0.111. The Balaban J connectivity index is 1.72. The monoisotopic (exact) mass is 255 g/mol. The molecule has 0 fully saturated rings. The Bertz CT molecular complexity index is 727. The normalized spacial score (nSPS) is 10.8. The van der Waals surface area contributed by atoms with Gasteiger partial charge in [-0.1, -0.05) is 6.07 Å². The Hall–Kier alpha value is -2.63. The van der Waals surface area contributed by atoms with Gasteiger partial charge in [0.2, 0.25) is 0 Å². The van der Waals surface area contributed by atoms with Crippen LogP contribution < -0.4 is 5.32 Å². The van der Waals surface area contributed by atoms with Crippen molar-refractivity contribution >= 4 is 16.8 Å². The van der Waals surface area contributed by atoms with Crippen molar-refractivity contribution in [2.45, 2.75) is 6.54 Å². The van der Waals surface area contributed by atoms with Gasteiger partial charge in [-0.25, -0.2) is 0 Å². The summed E-state index contributed by atoms with van der Waals surface area (Å²) in [5.74, 6) is -0.111. The summed E-state index contributed by atoms with van der Waals surface area (Å²) >= 11 is 0. The van der Waals surface area contributed by atoms with Crippen molar-refractivity contribution in [3.8, 4) is 0 Å². The van der Waals surface area contributed by atoms with Gasteiger partial charge in [0.1, 0.15) is 0 Å². The van der Waals surface area contributed by atoms with Gasteiger partial charge in [-0.15, -0.1) is 0 Å². The Morgan fingerprint density at radius 1 is 1.42 bits per heavy atom. The van der Waals surface area contributed by atoms with Gasteiger partial charge in [-0.3, -0.25) is 14.6 Å². The summed E-state index contributed by atoms with van der Waals surface area (Å²) in [5, 5.41) is 14.7. The highest BCUT2D eigenvalue weighted by molar-refractivity contribution is 5.97. The lowest BCUT2D eigenvalue weighted by molar-refractivity contribution is 0.0951. The van der Waals surface area contributed by atoms with Crippen molar-refractivity contribution in [2.75, 3.05) is 0 Å². The summed E-state index contributed by atoms with van der Waals surface area (Å²) in [6, 6.07) is 5.45. The lowest BCUT2D eigenvalue weighted by atomic mass is 10.1. The number of hydrogen-bond donors (Lipinski definition) is 2. The molecule has 0 atom stereocenters. The van der Waals surface area contributed by atoms with Gasteiger partial charge in [-0.2, -0.15) is 10.2 Å². The van der Waals surface area contributed by atoms with Crippen molar-refractivity contribution in [2.24, 2.45) is 7.05 Å². The highest BCUT2D eigenvalue weighted by Gasteiger charge is 2.07. The standard InChI is InChI=1S/C13H13N5O/c1-18-8-9(6-16-18)5-14-13(19)10-2-3-11-7-15-17-12(11)4-10/h2-4,6-8H,5H2,1H3,(H,14,19)(H,15,17). The molecule has 0 aliphatic carbocycles.